The van der Waals surface area contributed by atoms with Gasteiger partial charge >= 0.3 is 0 Å². The Balaban J connectivity index is 1.36. The van der Waals surface area contributed by atoms with Crippen molar-refractivity contribution in [1.82, 2.24) is 0 Å². The largest absolute Gasteiger partial charge is 0.281 e. The number of hydrogen-bond acceptors (Lipinski definition) is 2. The van der Waals surface area contributed by atoms with Crippen molar-refractivity contribution >= 4 is 27.8 Å². The number of rotatable bonds is 6. The van der Waals surface area contributed by atoms with E-state index in [0.717, 1.165) is 16.0 Å². The van der Waals surface area contributed by atoms with Crippen molar-refractivity contribution in [1.29, 1.82) is 0 Å². The van der Waals surface area contributed by atoms with Crippen LogP contribution in [0.5, 0.6) is 0 Å². The van der Waals surface area contributed by atoms with Gasteiger partial charge in [0.05, 0.1) is 10.9 Å². The van der Waals surface area contributed by atoms with Gasteiger partial charge in [0.25, 0.3) is 0 Å². The van der Waals surface area contributed by atoms with Crippen LogP contribution >= 0.6 is 11.8 Å². The molecule has 0 aliphatic rings. The summed E-state index contributed by atoms with van der Waals surface area (Å²) in [7, 11) is -0.149. The van der Waals surface area contributed by atoms with Crippen LogP contribution in [0.3, 0.4) is 0 Å². The van der Waals surface area contributed by atoms with Gasteiger partial charge in [-0.25, -0.2) is 0 Å². The Hall–Kier alpha value is -3.53. The van der Waals surface area contributed by atoms with Gasteiger partial charge in [0, 0.05) is 10.5 Å². The minimum Gasteiger partial charge on any atom is -0.281 e. The van der Waals surface area contributed by atoms with Crippen LogP contribution < -0.4 is 0 Å². The third kappa shape index (κ3) is 5.17. The highest BCUT2D eigenvalue weighted by molar-refractivity contribution is 8.14. The Morgan fingerprint density at radius 2 is 0.882 bits per heavy atom. The zero-order chi connectivity index (χ0) is 23.2. The molecule has 0 heterocycles. The Morgan fingerprint density at radius 1 is 0.471 bits per heavy atom. The summed E-state index contributed by atoms with van der Waals surface area (Å²) in [5, 5.41) is 0.0616. The Bertz CT molecular complexity index is 1310. The summed E-state index contributed by atoms with van der Waals surface area (Å²) in [6.45, 7) is 0. The minimum absolute atomic E-state index is 0.0616. The summed E-state index contributed by atoms with van der Waals surface area (Å²) < 4.78 is 0. The normalized spacial score (nSPS) is 10.9. The maximum Gasteiger partial charge on any atom is 0.224 e. The fourth-order valence-electron chi connectivity index (χ4n) is 3.76. The standard InChI is InChI=1S/C31H23OS2/c32-31(26-10-4-1-5-11-26)33-27-20-16-24(17-21-27)25-18-22-30(23-19-25)34(28-12-6-2-7-13-28)29-14-8-3-9-15-29/h1-23H/q+1. The Morgan fingerprint density at radius 3 is 1.38 bits per heavy atom. The number of hydrogen-bond donors (Lipinski definition) is 0. The molecule has 34 heavy (non-hydrogen) atoms. The van der Waals surface area contributed by atoms with Crippen LogP contribution in [0.1, 0.15) is 10.4 Å². The lowest BCUT2D eigenvalue weighted by atomic mass is 10.1. The van der Waals surface area contributed by atoms with Gasteiger partial charge in [-0.1, -0.05) is 78.9 Å². The first-order chi connectivity index (χ1) is 16.8. The van der Waals surface area contributed by atoms with E-state index in [9.17, 15) is 4.79 Å². The summed E-state index contributed by atoms with van der Waals surface area (Å²) in [5.41, 5.74) is 3.03. The second-order valence-electron chi connectivity index (χ2n) is 7.74. The molecule has 0 bridgehead atoms. The van der Waals surface area contributed by atoms with E-state index in [1.807, 2.05) is 42.5 Å². The van der Waals surface area contributed by atoms with E-state index in [2.05, 4.69) is 97.1 Å². The molecule has 0 aliphatic carbocycles. The van der Waals surface area contributed by atoms with E-state index in [1.165, 1.54) is 32.0 Å². The zero-order valence-electron chi connectivity index (χ0n) is 18.5. The molecular formula is C31H23OS2+. The topological polar surface area (TPSA) is 17.1 Å². The summed E-state index contributed by atoms with van der Waals surface area (Å²) >= 11 is 1.26. The first-order valence-electron chi connectivity index (χ1n) is 11.1. The predicted octanol–water partition coefficient (Wildman–Crippen LogP) is 8.38. The highest BCUT2D eigenvalue weighted by atomic mass is 32.2. The summed E-state index contributed by atoms with van der Waals surface area (Å²) in [4.78, 5) is 17.3. The molecule has 0 unspecified atom stereocenters. The molecule has 0 fully saturated rings. The fourth-order valence-corrected chi connectivity index (χ4v) is 6.58. The molecule has 0 radical (unpaired) electrons. The van der Waals surface area contributed by atoms with Crippen LogP contribution in [0, 0.1) is 0 Å². The quantitative estimate of drug-likeness (QED) is 0.181. The van der Waals surface area contributed by atoms with Gasteiger partial charge in [0.2, 0.25) is 5.12 Å². The summed E-state index contributed by atoms with van der Waals surface area (Å²) in [5.74, 6) is 0. The third-order valence-corrected chi connectivity index (χ3v) is 8.62. The van der Waals surface area contributed by atoms with E-state index in [-0.39, 0.29) is 16.0 Å². The monoisotopic (exact) mass is 475 g/mol. The van der Waals surface area contributed by atoms with Crippen molar-refractivity contribution < 1.29 is 4.79 Å². The van der Waals surface area contributed by atoms with Crippen LogP contribution in [0.25, 0.3) is 11.1 Å². The van der Waals surface area contributed by atoms with Gasteiger partial charge in [-0.05, 0) is 83.6 Å². The molecule has 0 aromatic heterocycles. The van der Waals surface area contributed by atoms with Crippen LogP contribution in [-0.4, -0.2) is 5.12 Å². The van der Waals surface area contributed by atoms with Gasteiger partial charge in [0.15, 0.2) is 14.7 Å². The average Bonchev–Trinajstić information content (AvgIpc) is 2.91. The van der Waals surface area contributed by atoms with E-state index in [1.54, 1.807) is 0 Å². The van der Waals surface area contributed by atoms with Crippen molar-refractivity contribution in [3.05, 3.63) is 145 Å². The van der Waals surface area contributed by atoms with Crippen molar-refractivity contribution in [2.24, 2.45) is 0 Å². The lowest BCUT2D eigenvalue weighted by Gasteiger charge is -2.09. The minimum atomic E-state index is -0.149. The molecule has 0 N–H and O–H groups in total. The number of benzene rings is 5. The second kappa shape index (κ2) is 10.6. The van der Waals surface area contributed by atoms with Gasteiger partial charge in [-0.2, -0.15) is 0 Å². The third-order valence-electron chi connectivity index (χ3n) is 5.46. The zero-order valence-corrected chi connectivity index (χ0v) is 20.1. The smallest absolute Gasteiger partial charge is 0.224 e. The molecule has 0 spiro atoms. The molecular weight excluding hydrogens is 452 g/mol. The highest BCUT2D eigenvalue weighted by Crippen LogP contribution is 2.33. The Labute approximate surface area is 207 Å². The molecule has 5 rings (SSSR count). The molecule has 0 aliphatic heterocycles. The van der Waals surface area contributed by atoms with Crippen molar-refractivity contribution in [2.45, 2.75) is 19.6 Å². The van der Waals surface area contributed by atoms with Crippen molar-refractivity contribution in [2.75, 3.05) is 0 Å². The van der Waals surface area contributed by atoms with Crippen molar-refractivity contribution in [3.8, 4) is 11.1 Å². The number of carbonyl (C=O) groups is 1. The van der Waals surface area contributed by atoms with Crippen LogP contribution in [0.2, 0.25) is 0 Å². The first-order valence-corrected chi connectivity index (χ1v) is 13.1. The molecule has 0 atom stereocenters. The summed E-state index contributed by atoms with van der Waals surface area (Å²) in [6, 6.07) is 47.9. The predicted molar refractivity (Wildman–Crippen MR) is 144 cm³/mol. The molecule has 0 amide bonds. The van der Waals surface area contributed by atoms with Gasteiger partial charge in [0.1, 0.15) is 0 Å². The van der Waals surface area contributed by atoms with Gasteiger partial charge in [-0.15, -0.1) is 0 Å². The van der Waals surface area contributed by atoms with E-state index >= 15 is 0 Å². The van der Waals surface area contributed by atoms with Crippen LogP contribution in [0.15, 0.2) is 159 Å². The molecule has 5 aromatic carbocycles. The second-order valence-corrected chi connectivity index (χ2v) is 10.8. The fraction of sp³-hybridized carbons (Fsp3) is 0. The average molecular weight is 476 g/mol. The van der Waals surface area contributed by atoms with E-state index in [4.69, 9.17) is 0 Å². The lowest BCUT2D eigenvalue weighted by Crippen LogP contribution is -2.04. The first kappa shape index (κ1) is 22.3. The van der Waals surface area contributed by atoms with Crippen LogP contribution in [-0.2, 0) is 10.9 Å². The molecule has 0 saturated heterocycles. The number of thioether (sulfide) groups is 1. The number of carbonyl (C=O) groups excluding carboxylic acids is 1. The van der Waals surface area contributed by atoms with E-state index < -0.39 is 0 Å². The van der Waals surface area contributed by atoms with Gasteiger partial charge in [-0.3, -0.25) is 4.79 Å². The Kier molecular flexibility index (Phi) is 6.94. The van der Waals surface area contributed by atoms with Crippen molar-refractivity contribution in [3.63, 3.8) is 0 Å². The van der Waals surface area contributed by atoms with E-state index in [0.29, 0.717) is 0 Å². The SMILES string of the molecule is O=C(Sc1ccc(-c2ccc([S+](c3ccccc3)c3ccccc3)cc2)cc1)c1ccccc1. The highest BCUT2D eigenvalue weighted by Gasteiger charge is 2.28. The molecule has 164 valence electrons. The maximum absolute atomic E-state index is 12.5. The molecule has 3 heteroatoms. The van der Waals surface area contributed by atoms with Gasteiger partial charge < -0.3 is 0 Å². The maximum atomic E-state index is 12.5. The molecule has 1 nitrogen and oxygen atoms in total. The summed E-state index contributed by atoms with van der Waals surface area (Å²) in [6.07, 6.45) is 0. The molecule has 5 aromatic rings. The molecule has 0 saturated carbocycles. The van der Waals surface area contributed by atoms with Crippen LogP contribution in [0.4, 0.5) is 0 Å². The lowest BCUT2D eigenvalue weighted by molar-refractivity contribution is 0.108.